The van der Waals surface area contributed by atoms with Gasteiger partial charge in [0.15, 0.2) is 0 Å². The quantitative estimate of drug-likeness (QED) is 0.289. The second-order valence-corrected chi connectivity index (χ2v) is 4.29. The standard InChI is InChI=1S/C14H32N4.2ClH/c1-3-15-11-7-13-17-9-5-6-10-18-14-8-12-16-4-2;;/h5-6,15-18H,3-4,7-14H2,1-2H3;2*1H. The minimum Gasteiger partial charge on any atom is -0.317 e. The Morgan fingerprint density at radius 3 is 1.30 bits per heavy atom. The van der Waals surface area contributed by atoms with E-state index in [0.717, 1.165) is 52.4 Å². The summed E-state index contributed by atoms with van der Waals surface area (Å²) in [5.41, 5.74) is 0. The Kier molecular flexibility index (Phi) is 30.4. The van der Waals surface area contributed by atoms with Crippen LogP contribution in [0.3, 0.4) is 0 Å². The number of halogens is 2. The zero-order valence-electron chi connectivity index (χ0n) is 13.0. The summed E-state index contributed by atoms with van der Waals surface area (Å²) >= 11 is 0. The fraction of sp³-hybridized carbons (Fsp3) is 0.857. The topological polar surface area (TPSA) is 48.1 Å². The van der Waals surface area contributed by atoms with Crippen LogP contribution in [0.2, 0.25) is 0 Å². The number of hydrogen-bond acceptors (Lipinski definition) is 4. The van der Waals surface area contributed by atoms with E-state index in [1.54, 1.807) is 0 Å². The van der Waals surface area contributed by atoms with Gasteiger partial charge < -0.3 is 21.3 Å². The fourth-order valence-corrected chi connectivity index (χ4v) is 1.57. The van der Waals surface area contributed by atoms with Crippen molar-refractivity contribution in [3.05, 3.63) is 12.2 Å². The van der Waals surface area contributed by atoms with Crippen molar-refractivity contribution in [2.75, 3.05) is 52.4 Å². The maximum atomic E-state index is 3.40. The van der Waals surface area contributed by atoms with E-state index in [4.69, 9.17) is 0 Å². The van der Waals surface area contributed by atoms with Crippen LogP contribution >= 0.6 is 24.8 Å². The Bertz CT molecular complexity index is 163. The van der Waals surface area contributed by atoms with Crippen molar-refractivity contribution < 1.29 is 0 Å². The highest BCUT2D eigenvalue weighted by molar-refractivity contribution is 5.85. The van der Waals surface area contributed by atoms with Gasteiger partial charge in [0.05, 0.1) is 0 Å². The van der Waals surface area contributed by atoms with Crippen molar-refractivity contribution >= 4 is 24.8 Å². The summed E-state index contributed by atoms with van der Waals surface area (Å²) in [6.07, 6.45) is 6.80. The zero-order chi connectivity index (χ0) is 13.3. The van der Waals surface area contributed by atoms with E-state index < -0.39 is 0 Å². The van der Waals surface area contributed by atoms with Crippen molar-refractivity contribution in [3.8, 4) is 0 Å². The molecule has 0 atom stereocenters. The van der Waals surface area contributed by atoms with Gasteiger partial charge in [-0.1, -0.05) is 26.0 Å². The summed E-state index contributed by atoms with van der Waals surface area (Å²) in [6, 6.07) is 0. The Hall–Kier alpha value is 0.160. The molecule has 0 spiro atoms. The second-order valence-electron chi connectivity index (χ2n) is 4.29. The lowest BCUT2D eigenvalue weighted by atomic mass is 10.4. The average molecular weight is 329 g/mol. The minimum absolute atomic E-state index is 0. The summed E-state index contributed by atoms with van der Waals surface area (Å²) < 4.78 is 0. The average Bonchev–Trinajstić information content (AvgIpc) is 2.39. The lowest BCUT2D eigenvalue weighted by Crippen LogP contribution is -2.22. The van der Waals surface area contributed by atoms with Crippen LogP contribution in [-0.2, 0) is 0 Å². The largest absolute Gasteiger partial charge is 0.317 e. The van der Waals surface area contributed by atoms with Crippen LogP contribution in [-0.4, -0.2) is 52.4 Å². The minimum atomic E-state index is 0. The summed E-state index contributed by atoms with van der Waals surface area (Å²) in [5, 5.41) is 13.4. The van der Waals surface area contributed by atoms with Crippen molar-refractivity contribution in [1.29, 1.82) is 0 Å². The van der Waals surface area contributed by atoms with Crippen LogP contribution in [0.5, 0.6) is 0 Å². The van der Waals surface area contributed by atoms with Crippen molar-refractivity contribution in [2.45, 2.75) is 26.7 Å². The summed E-state index contributed by atoms with van der Waals surface area (Å²) in [6.45, 7) is 12.8. The van der Waals surface area contributed by atoms with Crippen LogP contribution in [0.4, 0.5) is 0 Å². The van der Waals surface area contributed by atoms with Crippen LogP contribution in [0.25, 0.3) is 0 Å². The molecule has 0 saturated heterocycles. The molecule has 0 aliphatic rings. The van der Waals surface area contributed by atoms with Gasteiger partial charge in [0.25, 0.3) is 0 Å². The number of hydrogen-bond donors (Lipinski definition) is 4. The lowest BCUT2D eigenvalue weighted by Gasteiger charge is -2.03. The Morgan fingerprint density at radius 2 is 0.950 bits per heavy atom. The molecule has 0 aliphatic carbocycles. The third kappa shape index (κ3) is 23.3. The van der Waals surface area contributed by atoms with Gasteiger partial charge >= 0.3 is 0 Å². The van der Waals surface area contributed by atoms with E-state index in [2.05, 4.69) is 47.3 Å². The summed E-state index contributed by atoms with van der Waals surface area (Å²) in [4.78, 5) is 0. The first kappa shape index (κ1) is 25.1. The van der Waals surface area contributed by atoms with Gasteiger partial charge in [-0.15, -0.1) is 24.8 Å². The highest BCUT2D eigenvalue weighted by Crippen LogP contribution is 1.76. The molecule has 0 aromatic heterocycles. The summed E-state index contributed by atoms with van der Waals surface area (Å²) in [5.74, 6) is 0. The van der Waals surface area contributed by atoms with Gasteiger partial charge in [-0.3, -0.25) is 0 Å². The molecule has 0 bridgehead atoms. The van der Waals surface area contributed by atoms with Gasteiger partial charge in [-0.05, 0) is 52.1 Å². The highest BCUT2D eigenvalue weighted by atomic mass is 35.5. The van der Waals surface area contributed by atoms with Crippen LogP contribution in [0.15, 0.2) is 12.2 Å². The Balaban J connectivity index is -0.00000144. The van der Waals surface area contributed by atoms with E-state index >= 15 is 0 Å². The molecule has 0 fully saturated rings. The van der Waals surface area contributed by atoms with Gasteiger partial charge in [0, 0.05) is 13.1 Å². The monoisotopic (exact) mass is 328 g/mol. The van der Waals surface area contributed by atoms with E-state index in [-0.39, 0.29) is 24.8 Å². The molecule has 0 amide bonds. The molecule has 0 aliphatic heterocycles. The molecular weight excluding hydrogens is 295 g/mol. The van der Waals surface area contributed by atoms with Crippen molar-refractivity contribution in [3.63, 3.8) is 0 Å². The zero-order valence-corrected chi connectivity index (χ0v) is 14.7. The predicted molar refractivity (Wildman–Crippen MR) is 95.7 cm³/mol. The molecule has 0 aromatic carbocycles. The summed E-state index contributed by atoms with van der Waals surface area (Å²) in [7, 11) is 0. The maximum Gasteiger partial charge on any atom is 0.0135 e. The molecule has 0 radical (unpaired) electrons. The molecule has 20 heavy (non-hydrogen) atoms. The van der Waals surface area contributed by atoms with Crippen molar-refractivity contribution in [1.82, 2.24) is 21.3 Å². The van der Waals surface area contributed by atoms with E-state index in [1.807, 2.05) is 0 Å². The van der Waals surface area contributed by atoms with Crippen molar-refractivity contribution in [2.24, 2.45) is 0 Å². The number of rotatable bonds is 14. The van der Waals surface area contributed by atoms with E-state index in [9.17, 15) is 0 Å². The molecule has 0 aromatic rings. The molecule has 6 heteroatoms. The van der Waals surface area contributed by atoms with E-state index in [1.165, 1.54) is 12.8 Å². The predicted octanol–water partition coefficient (Wildman–Crippen LogP) is 1.56. The van der Waals surface area contributed by atoms with Gasteiger partial charge in [0.1, 0.15) is 0 Å². The van der Waals surface area contributed by atoms with E-state index in [0.29, 0.717) is 0 Å². The number of nitrogens with one attached hydrogen (secondary N) is 4. The fourth-order valence-electron chi connectivity index (χ4n) is 1.57. The first-order valence-corrected chi connectivity index (χ1v) is 7.39. The third-order valence-corrected chi connectivity index (χ3v) is 2.61. The van der Waals surface area contributed by atoms with Gasteiger partial charge in [-0.25, -0.2) is 0 Å². The van der Waals surface area contributed by atoms with Crippen LogP contribution < -0.4 is 21.3 Å². The highest BCUT2D eigenvalue weighted by Gasteiger charge is 1.86. The van der Waals surface area contributed by atoms with Crippen LogP contribution in [0.1, 0.15) is 26.7 Å². The van der Waals surface area contributed by atoms with Gasteiger partial charge in [0.2, 0.25) is 0 Å². The first-order valence-electron chi connectivity index (χ1n) is 7.39. The maximum absolute atomic E-state index is 3.40. The first-order chi connectivity index (χ1) is 8.91. The molecule has 0 rings (SSSR count). The molecular formula is C14H34Cl2N4. The third-order valence-electron chi connectivity index (χ3n) is 2.61. The smallest absolute Gasteiger partial charge is 0.0135 e. The van der Waals surface area contributed by atoms with Gasteiger partial charge in [-0.2, -0.15) is 0 Å². The molecule has 0 saturated carbocycles. The molecule has 4 nitrogen and oxygen atoms in total. The molecule has 0 unspecified atom stereocenters. The molecule has 4 N–H and O–H groups in total. The molecule has 0 heterocycles. The van der Waals surface area contributed by atoms with Crippen LogP contribution in [0, 0.1) is 0 Å². The second kappa shape index (κ2) is 24.2. The lowest BCUT2D eigenvalue weighted by molar-refractivity contribution is 0.624. The normalized spacial score (nSPS) is 10.3. The Morgan fingerprint density at radius 1 is 0.600 bits per heavy atom. The molecule has 124 valence electrons. The SMILES string of the molecule is CCNCCCNCC=CCNCCCNCC.Cl.Cl. The Labute approximate surface area is 137 Å².